The van der Waals surface area contributed by atoms with Crippen LogP contribution in [0.4, 0.5) is 0 Å². The van der Waals surface area contributed by atoms with Gasteiger partial charge in [0.25, 0.3) is 0 Å². The van der Waals surface area contributed by atoms with Crippen molar-refractivity contribution < 1.29 is 9.21 Å². The number of nitrogens with one attached hydrogen (secondary N) is 1. The lowest BCUT2D eigenvalue weighted by atomic mass is 9.93. The van der Waals surface area contributed by atoms with E-state index in [1.807, 2.05) is 0 Å². The molecule has 0 aliphatic heterocycles. The second-order valence-electron chi connectivity index (χ2n) is 6.32. The molecule has 0 atom stereocenters. The molecule has 0 radical (unpaired) electrons. The van der Waals surface area contributed by atoms with Gasteiger partial charge in [0.05, 0.1) is 12.2 Å². The highest BCUT2D eigenvalue weighted by molar-refractivity contribution is 5.75. The molecule has 0 bridgehead atoms. The number of oxazole rings is 1. The Bertz CT molecular complexity index is 405. The highest BCUT2D eigenvalue weighted by Gasteiger charge is 2.18. The topological polar surface area (TPSA) is 55.1 Å². The van der Waals surface area contributed by atoms with Crippen LogP contribution in [-0.4, -0.2) is 10.9 Å². The Morgan fingerprint density at radius 1 is 1.25 bits per heavy atom. The Morgan fingerprint density at radius 3 is 2.55 bits per heavy atom. The molecule has 1 rings (SSSR count). The van der Waals surface area contributed by atoms with Crippen molar-refractivity contribution in [3.63, 3.8) is 0 Å². The minimum atomic E-state index is -0.0228. The van der Waals surface area contributed by atoms with E-state index < -0.39 is 0 Å². The van der Waals surface area contributed by atoms with Crippen LogP contribution in [0.1, 0.15) is 77.8 Å². The van der Waals surface area contributed by atoms with Gasteiger partial charge in [-0.25, -0.2) is 4.98 Å². The van der Waals surface area contributed by atoms with Crippen LogP contribution in [0.15, 0.2) is 10.7 Å². The molecule has 1 aromatic heterocycles. The maximum atomic E-state index is 11.7. The van der Waals surface area contributed by atoms with Crippen molar-refractivity contribution in [2.24, 2.45) is 0 Å². The molecule has 0 aliphatic rings. The number of carbonyl (C=O) groups is 1. The minimum Gasteiger partial charge on any atom is -0.447 e. The fourth-order valence-electron chi connectivity index (χ4n) is 1.89. The number of rotatable bonds is 8. The average Bonchev–Trinajstić information content (AvgIpc) is 2.85. The van der Waals surface area contributed by atoms with Crippen molar-refractivity contribution in [2.75, 3.05) is 0 Å². The third-order valence-electron chi connectivity index (χ3n) is 3.26. The van der Waals surface area contributed by atoms with Gasteiger partial charge in [0.15, 0.2) is 0 Å². The first kappa shape index (κ1) is 16.7. The normalized spacial score (nSPS) is 11.6. The Hall–Kier alpha value is -1.32. The lowest BCUT2D eigenvalue weighted by Crippen LogP contribution is -2.22. The van der Waals surface area contributed by atoms with Gasteiger partial charge in [-0.15, -0.1) is 0 Å². The molecule has 1 aromatic rings. The maximum absolute atomic E-state index is 11.7. The molecular formula is C16H28N2O2. The summed E-state index contributed by atoms with van der Waals surface area (Å²) in [6, 6.07) is 0. The lowest BCUT2D eigenvalue weighted by molar-refractivity contribution is -0.121. The van der Waals surface area contributed by atoms with Crippen LogP contribution < -0.4 is 5.32 Å². The molecule has 0 fully saturated rings. The molecule has 1 N–H and O–H groups in total. The van der Waals surface area contributed by atoms with Gasteiger partial charge in [-0.05, 0) is 6.42 Å². The van der Waals surface area contributed by atoms with Gasteiger partial charge >= 0.3 is 0 Å². The van der Waals surface area contributed by atoms with Gasteiger partial charge in [0, 0.05) is 11.8 Å². The number of unbranched alkanes of at least 4 members (excludes halogenated alkanes) is 4. The van der Waals surface area contributed by atoms with Crippen molar-refractivity contribution in [1.82, 2.24) is 10.3 Å². The van der Waals surface area contributed by atoms with Crippen LogP contribution >= 0.6 is 0 Å². The number of amides is 1. The number of aromatic nitrogens is 1. The van der Waals surface area contributed by atoms with E-state index in [1.165, 1.54) is 19.3 Å². The summed E-state index contributed by atoms with van der Waals surface area (Å²) in [6.07, 6.45) is 8.07. The summed E-state index contributed by atoms with van der Waals surface area (Å²) >= 11 is 0. The Kier molecular flexibility index (Phi) is 6.76. The summed E-state index contributed by atoms with van der Waals surface area (Å²) < 4.78 is 5.37. The largest absolute Gasteiger partial charge is 0.447 e. The molecule has 0 saturated heterocycles. The summed E-state index contributed by atoms with van der Waals surface area (Å²) in [6.45, 7) is 8.83. The first-order valence-corrected chi connectivity index (χ1v) is 7.65. The number of carbonyl (C=O) groups excluding carboxylic acids is 1. The van der Waals surface area contributed by atoms with Crippen LogP contribution in [0, 0.1) is 0 Å². The van der Waals surface area contributed by atoms with E-state index in [4.69, 9.17) is 4.42 Å². The standard InChI is InChI=1S/C16H28N2O2/c1-5-6-7-8-9-10-14(19)17-11-15-18-13(12-20-15)16(2,3)4/h12H,5-11H2,1-4H3,(H,17,19). The van der Waals surface area contributed by atoms with E-state index in [0.29, 0.717) is 18.9 Å². The van der Waals surface area contributed by atoms with Crippen molar-refractivity contribution >= 4 is 5.91 Å². The zero-order valence-electron chi connectivity index (χ0n) is 13.3. The first-order chi connectivity index (χ1) is 9.43. The maximum Gasteiger partial charge on any atom is 0.220 e. The van der Waals surface area contributed by atoms with Crippen LogP contribution in [0.5, 0.6) is 0 Å². The monoisotopic (exact) mass is 280 g/mol. The van der Waals surface area contributed by atoms with Gasteiger partial charge in [0.1, 0.15) is 6.26 Å². The predicted molar refractivity (Wildman–Crippen MR) is 80.4 cm³/mol. The number of hydrogen-bond donors (Lipinski definition) is 1. The van der Waals surface area contributed by atoms with E-state index >= 15 is 0 Å². The van der Waals surface area contributed by atoms with Gasteiger partial charge < -0.3 is 9.73 Å². The van der Waals surface area contributed by atoms with Gasteiger partial charge in [-0.3, -0.25) is 4.79 Å². The summed E-state index contributed by atoms with van der Waals surface area (Å²) in [5.74, 6) is 0.659. The molecule has 114 valence electrons. The smallest absolute Gasteiger partial charge is 0.220 e. The van der Waals surface area contributed by atoms with Crippen molar-refractivity contribution in [3.8, 4) is 0 Å². The second-order valence-corrected chi connectivity index (χ2v) is 6.32. The van der Waals surface area contributed by atoms with E-state index in [9.17, 15) is 4.79 Å². The fourth-order valence-corrected chi connectivity index (χ4v) is 1.89. The molecule has 0 unspecified atom stereocenters. The quantitative estimate of drug-likeness (QED) is 0.734. The third kappa shape index (κ3) is 6.22. The molecule has 0 aliphatic carbocycles. The molecule has 20 heavy (non-hydrogen) atoms. The highest BCUT2D eigenvalue weighted by Crippen LogP contribution is 2.20. The van der Waals surface area contributed by atoms with E-state index in [0.717, 1.165) is 18.5 Å². The van der Waals surface area contributed by atoms with Crippen LogP contribution in [-0.2, 0) is 16.8 Å². The molecule has 1 amide bonds. The van der Waals surface area contributed by atoms with Gasteiger partial charge in [-0.1, -0.05) is 53.4 Å². The average molecular weight is 280 g/mol. The first-order valence-electron chi connectivity index (χ1n) is 7.65. The van der Waals surface area contributed by atoms with Crippen molar-refractivity contribution in [1.29, 1.82) is 0 Å². The Labute approximate surface area is 122 Å². The minimum absolute atomic E-state index is 0.0228. The third-order valence-corrected chi connectivity index (χ3v) is 3.26. The predicted octanol–water partition coefficient (Wildman–Crippen LogP) is 3.95. The summed E-state index contributed by atoms with van der Waals surface area (Å²) in [5.41, 5.74) is 0.895. The summed E-state index contributed by atoms with van der Waals surface area (Å²) in [7, 11) is 0. The van der Waals surface area contributed by atoms with Crippen LogP contribution in [0.2, 0.25) is 0 Å². The molecule has 4 nitrogen and oxygen atoms in total. The van der Waals surface area contributed by atoms with Crippen LogP contribution in [0.25, 0.3) is 0 Å². The molecular weight excluding hydrogens is 252 g/mol. The van der Waals surface area contributed by atoms with Crippen molar-refractivity contribution in [3.05, 3.63) is 17.8 Å². The van der Waals surface area contributed by atoms with E-state index in [1.54, 1.807) is 6.26 Å². The van der Waals surface area contributed by atoms with Crippen LogP contribution in [0.3, 0.4) is 0 Å². The lowest BCUT2D eigenvalue weighted by Gasteiger charge is -2.12. The summed E-state index contributed by atoms with van der Waals surface area (Å²) in [4.78, 5) is 16.1. The second kappa shape index (κ2) is 8.08. The highest BCUT2D eigenvalue weighted by atomic mass is 16.3. The molecule has 4 heteroatoms. The summed E-state index contributed by atoms with van der Waals surface area (Å²) in [5, 5.41) is 2.86. The SMILES string of the molecule is CCCCCCCC(=O)NCc1nc(C(C)(C)C)co1. The number of hydrogen-bond acceptors (Lipinski definition) is 3. The molecule has 0 spiro atoms. The van der Waals surface area contributed by atoms with Crippen molar-refractivity contribution in [2.45, 2.75) is 78.2 Å². The Balaban J connectivity index is 2.22. The van der Waals surface area contributed by atoms with E-state index in [-0.39, 0.29) is 11.3 Å². The Morgan fingerprint density at radius 2 is 1.95 bits per heavy atom. The molecule has 1 heterocycles. The number of nitrogens with zero attached hydrogens (tertiary/aromatic N) is 1. The van der Waals surface area contributed by atoms with Gasteiger partial charge in [-0.2, -0.15) is 0 Å². The zero-order valence-corrected chi connectivity index (χ0v) is 13.3. The molecule has 0 saturated carbocycles. The van der Waals surface area contributed by atoms with Gasteiger partial charge in [0.2, 0.25) is 11.8 Å². The fraction of sp³-hybridized carbons (Fsp3) is 0.750. The molecule has 0 aromatic carbocycles. The van der Waals surface area contributed by atoms with E-state index in [2.05, 4.69) is 38.0 Å². The zero-order chi connectivity index (χ0) is 15.0.